The summed E-state index contributed by atoms with van der Waals surface area (Å²) >= 11 is 6.01. The van der Waals surface area contributed by atoms with Crippen molar-refractivity contribution >= 4 is 28.6 Å². The van der Waals surface area contributed by atoms with Crippen LogP contribution in [0.15, 0.2) is 18.2 Å². The predicted molar refractivity (Wildman–Crippen MR) is 82.6 cm³/mol. The molecule has 0 atom stereocenters. The molecule has 3 rings (SSSR count). The number of benzene rings is 1. The van der Waals surface area contributed by atoms with Crippen molar-refractivity contribution in [1.82, 2.24) is 9.55 Å². The van der Waals surface area contributed by atoms with Crippen molar-refractivity contribution in [3.8, 4) is 0 Å². The largest absolute Gasteiger partial charge is 0.481 e. The normalized spacial score (nSPS) is 18.0. The third-order valence-electron chi connectivity index (χ3n) is 4.70. The highest BCUT2D eigenvalue weighted by molar-refractivity contribution is 6.31. The van der Waals surface area contributed by atoms with Crippen LogP contribution < -0.4 is 0 Å². The van der Waals surface area contributed by atoms with E-state index < -0.39 is 11.4 Å². The van der Waals surface area contributed by atoms with Gasteiger partial charge in [0.1, 0.15) is 5.82 Å². The van der Waals surface area contributed by atoms with Crippen molar-refractivity contribution in [2.24, 2.45) is 12.5 Å². The first-order chi connectivity index (χ1) is 10.0. The maximum Gasteiger partial charge on any atom is 0.310 e. The van der Waals surface area contributed by atoms with Crippen LogP contribution in [0.5, 0.6) is 0 Å². The minimum Gasteiger partial charge on any atom is -0.481 e. The number of hydrogen-bond donors (Lipinski definition) is 1. The molecule has 1 heterocycles. The van der Waals surface area contributed by atoms with Crippen molar-refractivity contribution in [3.05, 3.63) is 29.0 Å². The fraction of sp³-hybridized carbons (Fsp3) is 0.500. The quantitative estimate of drug-likeness (QED) is 0.938. The highest BCUT2D eigenvalue weighted by Crippen LogP contribution is 2.39. The standard InChI is InChI=1S/C16H19ClN2O2/c1-19-13-6-5-11(17)9-12(13)18-14(19)10-16(15(20)21)7-3-2-4-8-16/h5-6,9H,2-4,7-8,10H2,1H3,(H,20,21). The van der Waals surface area contributed by atoms with E-state index >= 15 is 0 Å². The van der Waals surface area contributed by atoms with Gasteiger partial charge in [-0.25, -0.2) is 4.98 Å². The number of aliphatic carboxylic acids is 1. The van der Waals surface area contributed by atoms with Crippen LogP contribution in [-0.4, -0.2) is 20.6 Å². The molecule has 0 aliphatic heterocycles. The van der Waals surface area contributed by atoms with E-state index in [2.05, 4.69) is 4.98 Å². The Balaban J connectivity index is 2.00. The van der Waals surface area contributed by atoms with Crippen LogP contribution in [0.1, 0.15) is 37.9 Å². The Morgan fingerprint density at radius 3 is 2.76 bits per heavy atom. The second-order valence-electron chi connectivity index (χ2n) is 6.04. The van der Waals surface area contributed by atoms with Crippen LogP contribution in [0.3, 0.4) is 0 Å². The molecule has 1 aliphatic rings. The molecule has 1 saturated carbocycles. The molecule has 2 aromatic rings. The van der Waals surface area contributed by atoms with E-state index in [1.807, 2.05) is 29.8 Å². The van der Waals surface area contributed by atoms with Crippen LogP contribution in [0.4, 0.5) is 0 Å². The van der Waals surface area contributed by atoms with E-state index in [0.717, 1.165) is 49.0 Å². The Bertz CT molecular complexity index is 687. The van der Waals surface area contributed by atoms with E-state index in [-0.39, 0.29) is 0 Å². The molecule has 0 unspecified atom stereocenters. The van der Waals surface area contributed by atoms with Gasteiger partial charge in [0.15, 0.2) is 0 Å². The molecule has 21 heavy (non-hydrogen) atoms. The maximum absolute atomic E-state index is 11.8. The van der Waals surface area contributed by atoms with Crippen molar-refractivity contribution < 1.29 is 9.90 Å². The number of rotatable bonds is 3. The van der Waals surface area contributed by atoms with Gasteiger partial charge in [-0.2, -0.15) is 0 Å². The lowest BCUT2D eigenvalue weighted by Gasteiger charge is -2.32. The van der Waals surface area contributed by atoms with E-state index in [1.165, 1.54) is 0 Å². The van der Waals surface area contributed by atoms with Gasteiger partial charge in [-0.15, -0.1) is 0 Å². The van der Waals surface area contributed by atoms with Crippen molar-refractivity contribution in [1.29, 1.82) is 0 Å². The topological polar surface area (TPSA) is 55.1 Å². The smallest absolute Gasteiger partial charge is 0.310 e. The number of aryl methyl sites for hydroxylation is 1. The number of carboxylic acid groups (broad SMARTS) is 1. The zero-order valence-electron chi connectivity index (χ0n) is 12.1. The summed E-state index contributed by atoms with van der Waals surface area (Å²) in [6, 6.07) is 5.60. The molecule has 0 radical (unpaired) electrons. The minimum absolute atomic E-state index is 0.491. The fourth-order valence-corrected chi connectivity index (χ4v) is 3.54. The van der Waals surface area contributed by atoms with E-state index in [4.69, 9.17) is 11.6 Å². The van der Waals surface area contributed by atoms with Crippen LogP contribution in [0, 0.1) is 5.41 Å². The van der Waals surface area contributed by atoms with Gasteiger partial charge in [0.2, 0.25) is 0 Å². The number of carboxylic acids is 1. The number of fused-ring (bicyclic) bond motifs is 1. The average molecular weight is 307 g/mol. The zero-order valence-corrected chi connectivity index (χ0v) is 12.9. The summed E-state index contributed by atoms with van der Waals surface area (Å²) < 4.78 is 1.99. The fourth-order valence-electron chi connectivity index (χ4n) is 3.38. The Labute approximate surface area is 128 Å². The lowest BCUT2D eigenvalue weighted by atomic mass is 9.71. The van der Waals surface area contributed by atoms with Crippen molar-refractivity contribution in [3.63, 3.8) is 0 Å². The lowest BCUT2D eigenvalue weighted by molar-refractivity contribution is -0.151. The van der Waals surface area contributed by atoms with Gasteiger partial charge in [-0.1, -0.05) is 30.9 Å². The second kappa shape index (κ2) is 5.34. The molecule has 1 N–H and O–H groups in total. The predicted octanol–water partition coefficient (Wildman–Crippen LogP) is 3.80. The number of carbonyl (C=O) groups is 1. The number of hydrogen-bond acceptors (Lipinski definition) is 2. The minimum atomic E-state index is -0.688. The van der Waals surface area contributed by atoms with Gasteiger partial charge in [0.05, 0.1) is 16.4 Å². The zero-order chi connectivity index (χ0) is 15.0. The monoisotopic (exact) mass is 306 g/mol. The molecule has 0 bridgehead atoms. The van der Waals surface area contributed by atoms with Gasteiger partial charge < -0.3 is 9.67 Å². The van der Waals surface area contributed by atoms with Crippen LogP contribution >= 0.6 is 11.6 Å². The first-order valence-corrected chi connectivity index (χ1v) is 7.74. The Morgan fingerprint density at radius 1 is 1.38 bits per heavy atom. The number of imidazole rings is 1. The van der Waals surface area contributed by atoms with Crippen LogP contribution in [0.2, 0.25) is 5.02 Å². The average Bonchev–Trinajstić information content (AvgIpc) is 2.75. The highest BCUT2D eigenvalue weighted by atomic mass is 35.5. The van der Waals surface area contributed by atoms with E-state index in [9.17, 15) is 9.90 Å². The van der Waals surface area contributed by atoms with Gasteiger partial charge in [-0.3, -0.25) is 4.79 Å². The molecular weight excluding hydrogens is 288 g/mol. The summed E-state index contributed by atoms with van der Waals surface area (Å²) in [7, 11) is 1.94. The van der Waals surface area contributed by atoms with Crippen LogP contribution in [-0.2, 0) is 18.3 Å². The van der Waals surface area contributed by atoms with E-state index in [1.54, 1.807) is 0 Å². The Kier molecular flexibility index (Phi) is 3.66. The number of aromatic nitrogens is 2. The summed E-state index contributed by atoms with van der Waals surface area (Å²) in [5.41, 5.74) is 1.17. The van der Waals surface area contributed by atoms with Gasteiger partial charge in [0.25, 0.3) is 0 Å². The first kappa shape index (κ1) is 14.4. The molecule has 1 aromatic heterocycles. The molecule has 1 aromatic carbocycles. The highest BCUT2D eigenvalue weighted by Gasteiger charge is 2.40. The van der Waals surface area contributed by atoms with Gasteiger partial charge in [-0.05, 0) is 31.0 Å². The Hall–Kier alpha value is -1.55. The SMILES string of the molecule is Cn1c(CC2(C(=O)O)CCCCC2)nc2cc(Cl)ccc21. The number of nitrogens with zero attached hydrogens (tertiary/aromatic N) is 2. The van der Waals surface area contributed by atoms with E-state index in [0.29, 0.717) is 11.4 Å². The van der Waals surface area contributed by atoms with Gasteiger partial charge >= 0.3 is 5.97 Å². The lowest BCUT2D eigenvalue weighted by Crippen LogP contribution is -2.36. The summed E-state index contributed by atoms with van der Waals surface area (Å²) in [5.74, 6) is 0.142. The molecule has 112 valence electrons. The van der Waals surface area contributed by atoms with Crippen molar-refractivity contribution in [2.45, 2.75) is 38.5 Å². The molecule has 1 aliphatic carbocycles. The summed E-state index contributed by atoms with van der Waals surface area (Å²) in [6.07, 6.45) is 5.08. The molecule has 0 saturated heterocycles. The molecule has 4 nitrogen and oxygen atoms in total. The third kappa shape index (κ3) is 2.53. The third-order valence-corrected chi connectivity index (χ3v) is 4.93. The molecular formula is C16H19ClN2O2. The molecule has 5 heteroatoms. The second-order valence-corrected chi connectivity index (χ2v) is 6.48. The van der Waals surface area contributed by atoms with Crippen LogP contribution in [0.25, 0.3) is 11.0 Å². The molecule has 0 spiro atoms. The molecule has 1 fully saturated rings. The Morgan fingerprint density at radius 2 is 2.10 bits per heavy atom. The molecule has 0 amide bonds. The van der Waals surface area contributed by atoms with Crippen molar-refractivity contribution in [2.75, 3.05) is 0 Å². The van der Waals surface area contributed by atoms with Gasteiger partial charge in [0, 0.05) is 18.5 Å². The summed E-state index contributed by atoms with van der Waals surface area (Å²) in [5, 5.41) is 10.4. The number of halogens is 1. The maximum atomic E-state index is 11.8. The first-order valence-electron chi connectivity index (χ1n) is 7.36. The summed E-state index contributed by atoms with van der Waals surface area (Å²) in [6.45, 7) is 0. The summed E-state index contributed by atoms with van der Waals surface area (Å²) in [4.78, 5) is 16.4.